The molecule has 0 spiro atoms. The lowest BCUT2D eigenvalue weighted by atomic mass is 9.98. The van der Waals surface area contributed by atoms with Crippen molar-refractivity contribution >= 4 is 11.6 Å². The summed E-state index contributed by atoms with van der Waals surface area (Å²) in [7, 11) is 0. The zero-order chi connectivity index (χ0) is 12.8. The molecule has 0 fully saturated rings. The third-order valence-corrected chi connectivity index (χ3v) is 3.10. The first-order valence-corrected chi connectivity index (χ1v) is 6.08. The molecule has 94 valence electrons. The van der Waals surface area contributed by atoms with Crippen molar-refractivity contribution in [3.05, 3.63) is 24.5 Å². The van der Waals surface area contributed by atoms with Crippen molar-refractivity contribution in [1.29, 1.82) is 0 Å². The van der Waals surface area contributed by atoms with Crippen LogP contribution in [0.15, 0.2) is 24.5 Å². The van der Waals surface area contributed by atoms with Gasteiger partial charge in [0.15, 0.2) is 0 Å². The van der Waals surface area contributed by atoms with Crippen LogP contribution in [0.2, 0.25) is 0 Å². The lowest BCUT2D eigenvalue weighted by Crippen LogP contribution is -2.47. The number of nitrogens with zero attached hydrogens (tertiary/aromatic N) is 2. The molecule has 2 N–H and O–H groups in total. The molecule has 0 saturated carbocycles. The number of hydrogen-bond donors (Lipinski definition) is 1. The predicted molar refractivity (Wildman–Crippen MR) is 69.7 cm³/mol. The van der Waals surface area contributed by atoms with Crippen LogP contribution in [0.25, 0.3) is 0 Å². The van der Waals surface area contributed by atoms with E-state index in [0.29, 0.717) is 6.54 Å². The van der Waals surface area contributed by atoms with Gasteiger partial charge in [0.05, 0.1) is 6.04 Å². The number of hydrogen-bond acceptors (Lipinski definition) is 3. The zero-order valence-corrected chi connectivity index (χ0v) is 10.8. The third kappa shape index (κ3) is 3.27. The molecule has 1 amide bonds. The average Bonchev–Trinajstić information content (AvgIpc) is 2.38. The lowest BCUT2D eigenvalue weighted by Gasteiger charge is -2.26. The molecule has 0 saturated heterocycles. The molecule has 2 atom stereocenters. The molecule has 0 bridgehead atoms. The van der Waals surface area contributed by atoms with E-state index in [9.17, 15) is 4.79 Å². The second-order valence-corrected chi connectivity index (χ2v) is 4.20. The van der Waals surface area contributed by atoms with Gasteiger partial charge in [0, 0.05) is 24.6 Å². The fourth-order valence-electron chi connectivity index (χ4n) is 1.67. The predicted octanol–water partition coefficient (Wildman–Crippen LogP) is 1.81. The molecule has 1 aromatic rings. The maximum atomic E-state index is 12.3. The number of amides is 1. The van der Waals surface area contributed by atoms with E-state index >= 15 is 0 Å². The summed E-state index contributed by atoms with van der Waals surface area (Å²) in [6, 6.07) is 3.21. The van der Waals surface area contributed by atoms with Crippen LogP contribution in [0.3, 0.4) is 0 Å². The van der Waals surface area contributed by atoms with E-state index in [1.165, 1.54) is 0 Å². The Bertz CT molecular complexity index is 353. The molecule has 0 aromatic carbocycles. The largest absolute Gasteiger partial charge is 0.320 e. The SMILES string of the molecule is CCC(C)C(N)C(=O)N(CC)c1ccncc1. The summed E-state index contributed by atoms with van der Waals surface area (Å²) in [5.74, 6) is 0.173. The molecule has 1 rings (SSSR count). The maximum Gasteiger partial charge on any atom is 0.244 e. The molecule has 4 nitrogen and oxygen atoms in total. The Hall–Kier alpha value is -1.42. The first-order chi connectivity index (χ1) is 8.11. The van der Waals surface area contributed by atoms with Crippen molar-refractivity contribution in [2.75, 3.05) is 11.4 Å². The minimum atomic E-state index is -0.437. The van der Waals surface area contributed by atoms with E-state index in [1.54, 1.807) is 17.3 Å². The van der Waals surface area contributed by atoms with E-state index in [0.717, 1.165) is 12.1 Å². The van der Waals surface area contributed by atoms with Gasteiger partial charge in [0.1, 0.15) is 0 Å². The molecule has 17 heavy (non-hydrogen) atoms. The summed E-state index contributed by atoms with van der Waals surface area (Å²) in [6.07, 6.45) is 4.26. The monoisotopic (exact) mass is 235 g/mol. The number of aromatic nitrogens is 1. The summed E-state index contributed by atoms with van der Waals surface area (Å²) < 4.78 is 0. The van der Waals surface area contributed by atoms with E-state index in [4.69, 9.17) is 5.73 Å². The number of rotatable bonds is 5. The van der Waals surface area contributed by atoms with E-state index < -0.39 is 6.04 Å². The third-order valence-electron chi connectivity index (χ3n) is 3.10. The Morgan fingerprint density at radius 1 is 1.41 bits per heavy atom. The van der Waals surface area contributed by atoms with Gasteiger partial charge in [-0.15, -0.1) is 0 Å². The van der Waals surface area contributed by atoms with E-state index in [2.05, 4.69) is 4.98 Å². The lowest BCUT2D eigenvalue weighted by molar-refractivity contribution is -0.120. The second-order valence-electron chi connectivity index (χ2n) is 4.20. The van der Waals surface area contributed by atoms with Crippen molar-refractivity contribution in [3.8, 4) is 0 Å². The van der Waals surface area contributed by atoms with Gasteiger partial charge in [-0.3, -0.25) is 9.78 Å². The molecule has 0 aliphatic heterocycles. The molecule has 4 heteroatoms. The summed E-state index contributed by atoms with van der Waals surface area (Å²) in [5.41, 5.74) is 6.83. The number of likely N-dealkylation sites (N-methyl/N-ethyl adjacent to an activating group) is 1. The fourth-order valence-corrected chi connectivity index (χ4v) is 1.67. The van der Waals surface area contributed by atoms with Crippen LogP contribution in [-0.2, 0) is 4.79 Å². The smallest absolute Gasteiger partial charge is 0.244 e. The van der Waals surface area contributed by atoms with E-state index in [-0.39, 0.29) is 11.8 Å². The van der Waals surface area contributed by atoms with Gasteiger partial charge in [-0.05, 0) is 25.0 Å². The molecule has 1 aromatic heterocycles. The van der Waals surface area contributed by atoms with Crippen LogP contribution in [0, 0.1) is 5.92 Å². The van der Waals surface area contributed by atoms with Crippen molar-refractivity contribution in [1.82, 2.24) is 4.98 Å². The summed E-state index contributed by atoms with van der Waals surface area (Å²) >= 11 is 0. The van der Waals surface area contributed by atoms with E-state index in [1.807, 2.05) is 32.9 Å². The van der Waals surface area contributed by atoms with Gasteiger partial charge in [0.2, 0.25) is 5.91 Å². The topological polar surface area (TPSA) is 59.2 Å². The number of carbonyl (C=O) groups excluding carboxylic acids is 1. The van der Waals surface area contributed by atoms with Crippen molar-refractivity contribution in [3.63, 3.8) is 0 Å². The Labute approximate surface area is 103 Å². The Balaban J connectivity index is 2.85. The number of anilines is 1. The number of carbonyl (C=O) groups is 1. The highest BCUT2D eigenvalue weighted by Crippen LogP contribution is 2.16. The highest BCUT2D eigenvalue weighted by atomic mass is 16.2. The van der Waals surface area contributed by atoms with Crippen LogP contribution in [0.5, 0.6) is 0 Å². The molecule has 0 aliphatic rings. The first-order valence-electron chi connectivity index (χ1n) is 6.08. The Morgan fingerprint density at radius 2 is 2.00 bits per heavy atom. The van der Waals surface area contributed by atoms with Crippen LogP contribution >= 0.6 is 0 Å². The minimum Gasteiger partial charge on any atom is -0.320 e. The molecule has 1 heterocycles. The van der Waals surface area contributed by atoms with Crippen LogP contribution in [-0.4, -0.2) is 23.5 Å². The standard InChI is InChI=1S/C13H21N3O/c1-4-10(3)12(14)13(17)16(5-2)11-6-8-15-9-7-11/h6-10,12H,4-5,14H2,1-3H3. The van der Waals surface area contributed by atoms with Gasteiger partial charge in [-0.25, -0.2) is 0 Å². The highest BCUT2D eigenvalue weighted by Gasteiger charge is 2.24. The van der Waals surface area contributed by atoms with Gasteiger partial charge in [-0.1, -0.05) is 20.3 Å². The van der Waals surface area contributed by atoms with Crippen molar-refractivity contribution in [2.45, 2.75) is 33.2 Å². The Kier molecular flexibility index (Phi) is 5.10. The quantitative estimate of drug-likeness (QED) is 0.846. The molecule has 2 unspecified atom stereocenters. The molecule has 0 aliphatic carbocycles. The summed E-state index contributed by atoms with van der Waals surface area (Å²) in [5, 5.41) is 0. The summed E-state index contributed by atoms with van der Waals surface area (Å²) in [4.78, 5) is 17.9. The number of nitrogens with two attached hydrogens (primary N) is 1. The first kappa shape index (κ1) is 13.6. The second kappa shape index (κ2) is 6.35. The summed E-state index contributed by atoms with van der Waals surface area (Å²) in [6.45, 7) is 6.61. The van der Waals surface area contributed by atoms with Crippen LogP contribution in [0.4, 0.5) is 5.69 Å². The highest BCUT2D eigenvalue weighted by molar-refractivity contribution is 5.97. The normalized spacial score (nSPS) is 14.1. The molecular weight excluding hydrogens is 214 g/mol. The maximum absolute atomic E-state index is 12.3. The molecule has 0 radical (unpaired) electrons. The van der Waals surface area contributed by atoms with Gasteiger partial charge in [-0.2, -0.15) is 0 Å². The molecular formula is C13H21N3O. The van der Waals surface area contributed by atoms with Crippen LogP contribution < -0.4 is 10.6 Å². The van der Waals surface area contributed by atoms with Crippen LogP contribution in [0.1, 0.15) is 27.2 Å². The Morgan fingerprint density at radius 3 is 2.47 bits per heavy atom. The average molecular weight is 235 g/mol. The van der Waals surface area contributed by atoms with Gasteiger partial charge >= 0.3 is 0 Å². The minimum absolute atomic E-state index is 0.0203. The van der Waals surface area contributed by atoms with Gasteiger partial charge < -0.3 is 10.6 Å². The fraction of sp³-hybridized carbons (Fsp3) is 0.538. The number of pyridine rings is 1. The van der Waals surface area contributed by atoms with Crippen molar-refractivity contribution < 1.29 is 4.79 Å². The van der Waals surface area contributed by atoms with Crippen molar-refractivity contribution in [2.24, 2.45) is 11.7 Å². The zero-order valence-electron chi connectivity index (χ0n) is 10.8. The van der Waals surface area contributed by atoms with Gasteiger partial charge in [0.25, 0.3) is 0 Å².